The first-order chi connectivity index (χ1) is 9.91. The Bertz CT molecular complexity index is 367. The summed E-state index contributed by atoms with van der Waals surface area (Å²) >= 11 is 0. The number of piperidine rings is 1. The fourth-order valence-corrected chi connectivity index (χ4v) is 3.49. The Hall–Kier alpha value is -0.650. The van der Waals surface area contributed by atoms with Crippen molar-refractivity contribution in [3.8, 4) is 0 Å². The number of amides is 1. The van der Waals surface area contributed by atoms with Crippen molar-refractivity contribution in [1.82, 2.24) is 10.2 Å². The molecular weight excluding hydrogens is 266 g/mol. The van der Waals surface area contributed by atoms with Gasteiger partial charge in [-0.3, -0.25) is 4.79 Å². The molecule has 1 aliphatic heterocycles. The molecular formula is C16H31N3O2. The Balaban J connectivity index is 1.77. The lowest BCUT2D eigenvalue weighted by molar-refractivity contribution is -0.170. The molecule has 1 aliphatic carbocycles. The van der Waals surface area contributed by atoms with Crippen LogP contribution in [-0.4, -0.2) is 55.2 Å². The topological polar surface area (TPSA) is 67.6 Å². The monoisotopic (exact) mass is 297 g/mol. The van der Waals surface area contributed by atoms with Gasteiger partial charge in [0, 0.05) is 31.5 Å². The van der Waals surface area contributed by atoms with E-state index in [2.05, 4.69) is 10.2 Å². The Morgan fingerprint density at radius 2 is 2.00 bits per heavy atom. The van der Waals surface area contributed by atoms with Gasteiger partial charge >= 0.3 is 0 Å². The quantitative estimate of drug-likeness (QED) is 0.771. The SMILES string of the molecule is CCOC1CC(N)(C(=O)NCCN2CCCCC2)C1(C)C. The molecule has 3 N–H and O–H groups in total. The molecule has 1 heterocycles. The Morgan fingerprint density at radius 1 is 1.33 bits per heavy atom. The Morgan fingerprint density at radius 3 is 2.57 bits per heavy atom. The van der Waals surface area contributed by atoms with Crippen LogP contribution in [-0.2, 0) is 9.53 Å². The standard InChI is InChI=1S/C16H31N3O2/c1-4-21-13-12-16(17,15(13,2)3)14(20)18-8-11-19-9-6-5-7-10-19/h13H,4-12,17H2,1-3H3,(H,18,20). The van der Waals surface area contributed by atoms with Crippen molar-refractivity contribution < 1.29 is 9.53 Å². The van der Waals surface area contributed by atoms with Crippen LogP contribution in [0.3, 0.4) is 0 Å². The zero-order chi connectivity index (χ0) is 15.5. The predicted octanol–water partition coefficient (Wildman–Crippen LogP) is 1.12. The van der Waals surface area contributed by atoms with E-state index in [1.807, 2.05) is 20.8 Å². The van der Waals surface area contributed by atoms with Crippen LogP contribution in [0.4, 0.5) is 0 Å². The molecule has 0 aromatic heterocycles. The molecule has 21 heavy (non-hydrogen) atoms. The first kappa shape index (κ1) is 16.7. The van der Waals surface area contributed by atoms with Crippen molar-refractivity contribution in [2.24, 2.45) is 11.1 Å². The summed E-state index contributed by atoms with van der Waals surface area (Å²) in [4.78, 5) is 14.9. The summed E-state index contributed by atoms with van der Waals surface area (Å²) in [5.41, 5.74) is 5.25. The van der Waals surface area contributed by atoms with E-state index in [0.717, 1.165) is 19.6 Å². The van der Waals surface area contributed by atoms with Crippen LogP contribution < -0.4 is 11.1 Å². The van der Waals surface area contributed by atoms with Crippen molar-refractivity contribution in [2.45, 2.75) is 58.1 Å². The second-order valence-electron chi connectivity index (χ2n) is 7.00. The maximum atomic E-state index is 12.4. The summed E-state index contributed by atoms with van der Waals surface area (Å²) in [6, 6.07) is 0. The van der Waals surface area contributed by atoms with E-state index >= 15 is 0 Å². The molecule has 0 spiro atoms. The van der Waals surface area contributed by atoms with Gasteiger partial charge in [-0.05, 0) is 32.9 Å². The van der Waals surface area contributed by atoms with E-state index in [4.69, 9.17) is 10.5 Å². The predicted molar refractivity (Wildman–Crippen MR) is 84.0 cm³/mol. The number of carbonyl (C=O) groups is 1. The second-order valence-corrected chi connectivity index (χ2v) is 7.00. The number of likely N-dealkylation sites (tertiary alicyclic amines) is 1. The maximum absolute atomic E-state index is 12.4. The second kappa shape index (κ2) is 6.63. The van der Waals surface area contributed by atoms with Gasteiger partial charge in [0.2, 0.25) is 5.91 Å². The molecule has 1 saturated heterocycles. The molecule has 0 aromatic rings. The van der Waals surface area contributed by atoms with Gasteiger partial charge in [-0.2, -0.15) is 0 Å². The fourth-order valence-electron chi connectivity index (χ4n) is 3.49. The average molecular weight is 297 g/mol. The lowest BCUT2D eigenvalue weighted by Crippen LogP contribution is -2.75. The summed E-state index contributed by atoms with van der Waals surface area (Å²) < 4.78 is 5.67. The number of ether oxygens (including phenoxy) is 1. The molecule has 2 fully saturated rings. The lowest BCUT2D eigenvalue weighted by Gasteiger charge is -2.57. The van der Waals surface area contributed by atoms with Crippen LogP contribution in [0, 0.1) is 5.41 Å². The van der Waals surface area contributed by atoms with E-state index in [1.165, 1.54) is 19.3 Å². The van der Waals surface area contributed by atoms with Crippen LogP contribution >= 0.6 is 0 Å². The van der Waals surface area contributed by atoms with E-state index < -0.39 is 5.54 Å². The van der Waals surface area contributed by atoms with Crippen molar-refractivity contribution in [1.29, 1.82) is 0 Å². The van der Waals surface area contributed by atoms with Crippen LogP contribution in [0.15, 0.2) is 0 Å². The van der Waals surface area contributed by atoms with Gasteiger partial charge in [0.05, 0.1) is 6.10 Å². The first-order valence-corrected chi connectivity index (χ1v) is 8.33. The highest BCUT2D eigenvalue weighted by Gasteiger charge is 2.62. The van der Waals surface area contributed by atoms with E-state index in [1.54, 1.807) is 0 Å². The minimum absolute atomic E-state index is 0.0273. The normalized spacial score (nSPS) is 32.5. The zero-order valence-corrected chi connectivity index (χ0v) is 13.8. The Kier molecular flexibility index (Phi) is 5.28. The van der Waals surface area contributed by atoms with Crippen molar-refractivity contribution in [3.63, 3.8) is 0 Å². The number of hydrogen-bond donors (Lipinski definition) is 2. The molecule has 2 atom stereocenters. The third kappa shape index (κ3) is 3.25. The fraction of sp³-hybridized carbons (Fsp3) is 0.938. The molecule has 5 nitrogen and oxygen atoms in total. The highest BCUT2D eigenvalue weighted by molar-refractivity contribution is 5.88. The number of hydrogen-bond acceptors (Lipinski definition) is 4. The summed E-state index contributed by atoms with van der Waals surface area (Å²) in [6.45, 7) is 10.6. The number of nitrogens with zero attached hydrogens (tertiary/aromatic N) is 1. The number of nitrogens with two attached hydrogens (primary N) is 1. The van der Waals surface area contributed by atoms with Gasteiger partial charge in [-0.1, -0.05) is 20.3 Å². The smallest absolute Gasteiger partial charge is 0.240 e. The van der Waals surface area contributed by atoms with Gasteiger partial charge in [0.25, 0.3) is 0 Å². The highest BCUT2D eigenvalue weighted by Crippen LogP contribution is 2.49. The molecule has 0 aromatic carbocycles. The minimum atomic E-state index is -0.797. The van der Waals surface area contributed by atoms with Crippen molar-refractivity contribution >= 4 is 5.91 Å². The Labute approximate surface area is 128 Å². The molecule has 2 aliphatic rings. The summed E-state index contributed by atoms with van der Waals surface area (Å²) in [6.07, 6.45) is 4.58. The van der Waals surface area contributed by atoms with Crippen LogP contribution in [0.2, 0.25) is 0 Å². The first-order valence-electron chi connectivity index (χ1n) is 8.33. The third-order valence-corrected chi connectivity index (χ3v) is 5.40. The number of nitrogens with one attached hydrogen (secondary N) is 1. The molecule has 2 rings (SSSR count). The van der Waals surface area contributed by atoms with E-state index in [-0.39, 0.29) is 17.4 Å². The maximum Gasteiger partial charge on any atom is 0.240 e. The summed E-state index contributed by atoms with van der Waals surface area (Å²) in [5.74, 6) is -0.0273. The van der Waals surface area contributed by atoms with Gasteiger partial charge in [-0.15, -0.1) is 0 Å². The largest absolute Gasteiger partial charge is 0.378 e. The molecule has 5 heteroatoms. The minimum Gasteiger partial charge on any atom is -0.378 e. The van der Waals surface area contributed by atoms with E-state index in [9.17, 15) is 4.79 Å². The van der Waals surface area contributed by atoms with Crippen molar-refractivity contribution in [2.75, 3.05) is 32.8 Å². The van der Waals surface area contributed by atoms with Gasteiger partial charge < -0.3 is 20.7 Å². The molecule has 0 radical (unpaired) electrons. The molecule has 0 bridgehead atoms. The molecule has 1 amide bonds. The van der Waals surface area contributed by atoms with E-state index in [0.29, 0.717) is 19.6 Å². The summed E-state index contributed by atoms with van der Waals surface area (Å²) in [5, 5.41) is 3.03. The number of rotatable bonds is 6. The van der Waals surface area contributed by atoms with Crippen LogP contribution in [0.5, 0.6) is 0 Å². The van der Waals surface area contributed by atoms with Crippen LogP contribution in [0.25, 0.3) is 0 Å². The molecule has 2 unspecified atom stereocenters. The van der Waals surface area contributed by atoms with Crippen molar-refractivity contribution in [3.05, 3.63) is 0 Å². The molecule has 122 valence electrons. The average Bonchev–Trinajstić information content (AvgIpc) is 2.47. The molecule has 1 saturated carbocycles. The highest BCUT2D eigenvalue weighted by atomic mass is 16.5. The lowest BCUT2D eigenvalue weighted by atomic mass is 9.54. The zero-order valence-electron chi connectivity index (χ0n) is 13.8. The van der Waals surface area contributed by atoms with Gasteiger partial charge in [-0.25, -0.2) is 0 Å². The summed E-state index contributed by atoms with van der Waals surface area (Å²) in [7, 11) is 0. The van der Waals surface area contributed by atoms with Gasteiger partial charge in [0.1, 0.15) is 5.54 Å². The number of carbonyl (C=O) groups excluding carboxylic acids is 1. The van der Waals surface area contributed by atoms with Crippen LogP contribution in [0.1, 0.15) is 46.5 Å². The van der Waals surface area contributed by atoms with Gasteiger partial charge in [0.15, 0.2) is 0 Å². The third-order valence-electron chi connectivity index (χ3n) is 5.40.